The van der Waals surface area contributed by atoms with E-state index in [1.165, 1.54) is 92.7 Å². The lowest BCUT2D eigenvalue weighted by Crippen LogP contribution is -2.55. The molecule has 1 heterocycles. The van der Waals surface area contributed by atoms with E-state index in [-0.39, 0.29) is 0 Å². The van der Waals surface area contributed by atoms with Gasteiger partial charge >= 0.3 is 0 Å². The summed E-state index contributed by atoms with van der Waals surface area (Å²) in [6.45, 7) is 0. The van der Waals surface area contributed by atoms with E-state index in [0.717, 1.165) is 33.1 Å². The molecule has 0 amide bonds. The molecule has 0 spiro atoms. The van der Waals surface area contributed by atoms with Crippen LogP contribution in [0.2, 0.25) is 0 Å². The third-order valence-electron chi connectivity index (χ3n) is 12.0. The monoisotopic (exact) mass is 656 g/mol. The molecule has 0 N–H and O–H groups in total. The third kappa shape index (κ3) is 4.37. The highest BCUT2D eigenvalue weighted by Crippen LogP contribution is 2.47. The van der Waals surface area contributed by atoms with Crippen LogP contribution in [0, 0.1) is 0 Å². The molecule has 0 fully saturated rings. The summed E-state index contributed by atoms with van der Waals surface area (Å²) in [4.78, 5) is 0. The molecule has 1 aromatic heterocycles. The summed E-state index contributed by atoms with van der Waals surface area (Å²) in [5.74, 6) is 0. The number of benzene rings is 9. The van der Waals surface area contributed by atoms with E-state index in [9.17, 15) is 0 Å². The molecule has 6 heteroatoms. The third-order valence-corrected chi connectivity index (χ3v) is 12.0. The van der Waals surface area contributed by atoms with Crippen molar-refractivity contribution in [3.8, 4) is 33.4 Å². The lowest BCUT2D eigenvalue weighted by atomic mass is 9.59. The van der Waals surface area contributed by atoms with Gasteiger partial charge in [-0.3, -0.25) is 0 Å². The number of rotatable bonds is 3. The lowest BCUT2D eigenvalue weighted by Gasteiger charge is -2.25. The molecule has 1 nitrogen and oxygen atoms in total. The lowest BCUT2D eigenvalue weighted by molar-refractivity contribution is 0.670. The first-order chi connectivity index (χ1) is 25.4. The molecular weight excluding hydrogens is 623 g/mol. The van der Waals surface area contributed by atoms with Crippen LogP contribution in [0.4, 0.5) is 0 Å². The van der Waals surface area contributed by atoms with Gasteiger partial charge in [0.05, 0.1) is 0 Å². The molecule has 9 aromatic carbocycles. The second-order valence-electron chi connectivity index (χ2n) is 14.5. The maximum absolute atomic E-state index is 6.51. The molecule has 0 aliphatic heterocycles. The standard InChI is InChI=1S/C46H33B5O/c47-41-40(42(48)44(50)45(51)43(41)49)39-32-15-5-3-13-30(32)38(31-14-4-6-16-33(31)39)36-23-24-10-1-2-11-26(24)35-22-25(20-21-28(35)36)27-17-9-18-34-29-12-7-8-19-37(29)52-46(27)34/h1-23H,47-51H2. The van der Waals surface area contributed by atoms with Crippen LogP contribution in [-0.2, 0) is 0 Å². The van der Waals surface area contributed by atoms with Gasteiger partial charge < -0.3 is 4.42 Å². The fraction of sp³-hybridized carbons (Fsp3) is 0. The van der Waals surface area contributed by atoms with Crippen molar-refractivity contribution in [1.82, 2.24) is 0 Å². The fourth-order valence-electron chi connectivity index (χ4n) is 9.02. The van der Waals surface area contributed by atoms with E-state index < -0.39 is 0 Å². The minimum atomic E-state index is 0.919. The van der Waals surface area contributed by atoms with Crippen LogP contribution in [-0.4, -0.2) is 39.2 Å². The van der Waals surface area contributed by atoms with Gasteiger partial charge in [-0.05, 0) is 89.1 Å². The van der Waals surface area contributed by atoms with Crippen molar-refractivity contribution in [2.45, 2.75) is 0 Å². The Balaban J connectivity index is 1.31. The van der Waals surface area contributed by atoms with Crippen LogP contribution < -0.4 is 27.3 Å². The Morgan fingerprint density at radius 2 is 0.865 bits per heavy atom. The molecule has 52 heavy (non-hydrogen) atoms. The first-order valence-electron chi connectivity index (χ1n) is 18.3. The average molecular weight is 656 g/mol. The summed E-state index contributed by atoms with van der Waals surface area (Å²) < 4.78 is 6.51. The topological polar surface area (TPSA) is 13.1 Å². The zero-order valence-corrected chi connectivity index (χ0v) is 30.2. The molecular formula is C46H33B5O. The molecule has 0 atom stereocenters. The predicted molar refractivity (Wildman–Crippen MR) is 241 cm³/mol. The number of fused-ring (bicyclic) bond motifs is 8. The van der Waals surface area contributed by atoms with Gasteiger partial charge in [0, 0.05) is 16.3 Å². The Labute approximate surface area is 307 Å². The summed E-state index contributed by atoms with van der Waals surface area (Å²) in [5.41, 5.74) is 16.2. The van der Waals surface area contributed by atoms with Gasteiger partial charge in [-0.2, -0.15) is 0 Å². The van der Waals surface area contributed by atoms with Gasteiger partial charge in [0.15, 0.2) is 0 Å². The quantitative estimate of drug-likeness (QED) is 0.155. The van der Waals surface area contributed by atoms with E-state index in [2.05, 4.69) is 173 Å². The highest BCUT2D eigenvalue weighted by molar-refractivity contribution is 6.69. The Bertz CT molecular complexity index is 3050. The number of hydrogen-bond acceptors (Lipinski definition) is 1. The normalized spacial score (nSPS) is 11.8. The van der Waals surface area contributed by atoms with Crippen LogP contribution >= 0.6 is 0 Å². The van der Waals surface area contributed by atoms with Gasteiger partial charge in [-0.15, -0.1) is 16.4 Å². The fourth-order valence-corrected chi connectivity index (χ4v) is 9.02. The maximum Gasteiger partial charge on any atom is 0.143 e. The SMILES string of the molecule is Bc1c(B)c(B)c(-c2c3ccccc3c(-c3cc4ccccc4c4cc(-c5cccc6c5oc5ccccc56)ccc34)c3ccccc23)c(B)c1B. The Hall–Kier alpha value is -5.86. The number of furan rings is 1. The van der Waals surface area contributed by atoms with Crippen molar-refractivity contribution in [3.05, 3.63) is 140 Å². The van der Waals surface area contributed by atoms with E-state index in [0.29, 0.717) is 0 Å². The van der Waals surface area contributed by atoms with Crippen LogP contribution in [0.3, 0.4) is 0 Å². The molecule has 238 valence electrons. The average Bonchev–Trinajstić information content (AvgIpc) is 3.58. The molecule has 0 aliphatic rings. The molecule has 10 aromatic rings. The molecule has 10 rings (SSSR count). The molecule has 0 aliphatic carbocycles. The number of para-hydroxylation sites is 2. The van der Waals surface area contributed by atoms with Gasteiger partial charge in [0.1, 0.15) is 50.4 Å². The summed E-state index contributed by atoms with van der Waals surface area (Å²) in [7, 11) is 11.4. The van der Waals surface area contributed by atoms with Crippen LogP contribution in [0.25, 0.3) is 98.4 Å². The molecule has 0 radical (unpaired) electrons. The van der Waals surface area contributed by atoms with Gasteiger partial charge in [-0.25, -0.2) is 0 Å². The first-order valence-corrected chi connectivity index (χ1v) is 18.3. The highest BCUT2D eigenvalue weighted by atomic mass is 16.3. The largest absolute Gasteiger partial charge is 0.455 e. The molecule has 0 saturated carbocycles. The van der Waals surface area contributed by atoms with Crippen LogP contribution in [0.5, 0.6) is 0 Å². The second kappa shape index (κ2) is 11.6. The smallest absolute Gasteiger partial charge is 0.143 e. The predicted octanol–water partition coefficient (Wildman–Crippen LogP) is 4.49. The van der Waals surface area contributed by atoms with Gasteiger partial charge in [0.25, 0.3) is 0 Å². The summed E-state index contributed by atoms with van der Waals surface area (Å²) in [6, 6.07) is 51.2. The Kier molecular flexibility index (Phi) is 6.89. The second-order valence-corrected chi connectivity index (χ2v) is 14.5. The van der Waals surface area contributed by atoms with Gasteiger partial charge in [0.2, 0.25) is 0 Å². The van der Waals surface area contributed by atoms with E-state index in [1.54, 1.807) is 0 Å². The zero-order valence-electron chi connectivity index (χ0n) is 30.2. The minimum Gasteiger partial charge on any atom is -0.455 e. The van der Waals surface area contributed by atoms with E-state index >= 15 is 0 Å². The summed E-state index contributed by atoms with van der Waals surface area (Å²) >= 11 is 0. The van der Waals surface area contributed by atoms with Crippen molar-refractivity contribution in [3.63, 3.8) is 0 Å². The molecule has 0 bridgehead atoms. The van der Waals surface area contributed by atoms with Crippen LogP contribution in [0.1, 0.15) is 0 Å². The molecule has 0 unspecified atom stereocenters. The Morgan fingerprint density at radius 1 is 0.327 bits per heavy atom. The zero-order chi connectivity index (χ0) is 35.2. The van der Waals surface area contributed by atoms with Crippen molar-refractivity contribution in [1.29, 1.82) is 0 Å². The summed E-state index contributed by atoms with van der Waals surface area (Å²) in [6.07, 6.45) is 0. The first kappa shape index (κ1) is 30.9. The van der Waals surface area contributed by atoms with E-state index in [1.807, 2.05) is 6.07 Å². The minimum absolute atomic E-state index is 0.919. The van der Waals surface area contributed by atoms with Crippen molar-refractivity contribution >= 4 is 132 Å². The van der Waals surface area contributed by atoms with Crippen molar-refractivity contribution in [2.75, 3.05) is 0 Å². The summed E-state index contributed by atoms with van der Waals surface area (Å²) in [5, 5.41) is 12.4. The Morgan fingerprint density at radius 3 is 1.54 bits per heavy atom. The van der Waals surface area contributed by atoms with Crippen molar-refractivity contribution < 1.29 is 4.42 Å². The van der Waals surface area contributed by atoms with Gasteiger partial charge in [-0.1, -0.05) is 132 Å². The van der Waals surface area contributed by atoms with Crippen LogP contribution in [0.15, 0.2) is 144 Å². The van der Waals surface area contributed by atoms with Crippen molar-refractivity contribution in [2.24, 2.45) is 0 Å². The maximum atomic E-state index is 6.51. The highest BCUT2D eigenvalue weighted by Gasteiger charge is 2.22. The molecule has 0 saturated heterocycles. The number of hydrogen-bond donors (Lipinski definition) is 0. The van der Waals surface area contributed by atoms with E-state index in [4.69, 9.17) is 4.42 Å².